The van der Waals surface area contributed by atoms with Crippen LogP contribution in [0.1, 0.15) is 25.8 Å². The van der Waals surface area contributed by atoms with E-state index < -0.39 is 22.8 Å². The summed E-state index contributed by atoms with van der Waals surface area (Å²) in [5.41, 5.74) is 0.777. The molecule has 3 aromatic rings. The molecule has 1 N–H and O–H groups in total. The van der Waals surface area contributed by atoms with Crippen molar-refractivity contribution in [2.24, 2.45) is 0 Å². The number of aliphatic hydroxyl groups is 1. The lowest BCUT2D eigenvalue weighted by Gasteiger charge is -2.18. The molecule has 29 heavy (non-hydrogen) atoms. The van der Waals surface area contributed by atoms with E-state index in [1.165, 1.54) is 12.3 Å². The van der Waals surface area contributed by atoms with Gasteiger partial charge < -0.3 is 9.84 Å². The Morgan fingerprint density at radius 3 is 2.41 bits per heavy atom. The van der Waals surface area contributed by atoms with Crippen molar-refractivity contribution in [3.8, 4) is 22.6 Å². The van der Waals surface area contributed by atoms with Crippen LogP contribution in [0.2, 0.25) is 0 Å². The summed E-state index contributed by atoms with van der Waals surface area (Å²) in [5.74, 6) is -2.07. The minimum absolute atomic E-state index is 0.0258. The van der Waals surface area contributed by atoms with Gasteiger partial charge in [0, 0.05) is 18.1 Å². The third-order valence-corrected chi connectivity index (χ3v) is 4.40. The van der Waals surface area contributed by atoms with E-state index in [1.54, 1.807) is 13.8 Å². The molecule has 0 aliphatic rings. The van der Waals surface area contributed by atoms with Crippen LogP contribution < -0.4 is 10.3 Å². The number of hydrogen-bond acceptors (Lipinski definition) is 4. The first-order valence-electron chi connectivity index (χ1n) is 9.16. The van der Waals surface area contributed by atoms with E-state index in [0.29, 0.717) is 12.0 Å². The van der Waals surface area contributed by atoms with Gasteiger partial charge in [0.25, 0.3) is 0 Å². The quantitative estimate of drug-likeness (QED) is 0.679. The van der Waals surface area contributed by atoms with Crippen LogP contribution in [0, 0.1) is 18.6 Å². The van der Waals surface area contributed by atoms with Crippen molar-refractivity contribution in [2.45, 2.75) is 32.8 Å². The first-order chi connectivity index (χ1) is 13.7. The second-order valence-corrected chi connectivity index (χ2v) is 7.48. The number of aryl methyl sites for hydroxylation is 1. The summed E-state index contributed by atoms with van der Waals surface area (Å²) < 4.78 is 33.6. The van der Waals surface area contributed by atoms with Crippen LogP contribution in [-0.2, 0) is 0 Å². The Morgan fingerprint density at radius 1 is 1.10 bits per heavy atom. The average molecular weight is 400 g/mol. The zero-order valence-corrected chi connectivity index (χ0v) is 16.4. The fraction of sp³-hybridized carbons (Fsp3) is 0.273. The molecule has 2 aromatic carbocycles. The van der Waals surface area contributed by atoms with Gasteiger partial charge in [-0.25, -0.2) is 8.78 Å². The van der Waals surface area contributed by atoms with Gasteiger partial charge in [-0.05, 0) is 38.5 Å². The van der Waals surface area contributed by atoms with Crippen molar-refractivity contribution in [1.82, 2.24) is 9.78 Å². The summed E-state index contributed by atoms with van der Waals surface area (Å²) in [4.78, 5) is 13.1. The van der Waals surface area contributed by atoms with Gasteiger partial charge in [0.05, 0.1) is 24.1 Å². The highest BCUT2D eigenvalue weighted by molar-refractivity contribution is 5.69. The van der Waals surface area contributed by atoms with Gasteiger partial charge in [0.1, 0.15) is 0 Å². The van der Waals surface area contributed by atoms with E-state index in [9.17, 15) is 18.7 Å². The topological polar surface area (TPSA) is 64.4 Å². The van der Waals surface area contributed by atoms with Crippen molar-refractivity contribution in [2.75, 3.05) is 6.61 Å². The summed E-state index contributed by atoms with van der Waals surface area (Å²) in [6.07, 6.45) is 1.75. The Bertz CT molecular complexity index is 1070. The van der Waals surface area contributed by atoms with Crippen LogP contribution in [0.25, 0.3) is 16.8 Å². The van der Waals surface area contributed by atoms with Crippen LogP contribution in [0.3, 0.4) is 0 Å². The van der Waals surface area contributed by atoms with Gasteiger partial charge in [-0.1, -0.05) is 29.8 Å². The van der Waals surface area contributed by atoms with E-state index in [0.717, 1.165) is 27.9 Å². The molecule has 0 saturated carbocycles. The molecule has 0 amide bonds. The molecule has 152 valence electrons. The van der Waals surface area contributed by atoms with Crippen molar-refractivity contribution < 1.29 is 18.6 Å². The number of ether oxygens (including phenoxy) is 1. The molecule has 0 fully saturated rings. The lowest BCUT2D eigenvalue weighted by Crippen LogP contribution is -2.26. The predicted molar refractivity (Wildman–Crippen MR) is 106 cm³/mol. The number of benzene rings is 2. The van der Waals surface area contributed by atoms with Gasteiger partial charge in [0.15, 0.2) is 17.4 Å². The third-order valence-electron chi connectivity index (χ3n) is 4.40. The lowest BCUT2D eigenvalue weighted by molar-refractivity contribution is 0.0551. The molecular formula is C22H22F2N2O3. The van der Waals surface area contributed by atoms with Crippen LogP contribution >= 0.6 is 0 Å². The highest BCUT2D eigenvalue weighted by Gasteiger charge is 2.19. The molecule has 0 saturated heterocycles. The standard InChI is InChI=1S/C22H22F2N2O3/c1-14-4-6-15(7-5-14)17-13-25-26(16-8-9-18(23)19(24)12-16)21(27)20(17)29-11-10-22(2,3)28/h4-9,12-13,28H,10-11H2,1-3H3. The highest BCUT2D eigenvalue weighted by Crippen LogP contribution is 2.27. The van der Waals surface area contributed by atoms with E-state index in [-0.39, 0.29) is 18.0 Å². The SMILES string of the molecule is Cc1ccc(-c2cnn(-c3ccc(F)c(F)c3)c(=O)c2OCCC(C)(C)O)cc1. The molecule has 0 unspecified atom stereocenters. The fourth-order valence-electron chi connectivity index (χ4n) is 2.72. The number of aromatic nitrogens is 2. The number of hydrogen-bond donors (Lipinski definition) is 1. The number of nitrogens with zero attached hydrogens (tertiary/aromatic N) is 2. The van der Waals surface area contributed by atoms with E-state index in [4.69, 9.17) is 4.74 Å². The number of rotatable bonds is 6. The smallest absolute Gasteiger partial charge is 0.314 e. The van der Waals surface area contributed by atoms with Crippen molar-refractivity contribution in [1.29, 1.82) is 0 Å². The highest BCUT2D eigenvalue weighted by atomic mass is 19.2. The maximum absolute atomic E-state index is 13.6. The average Bonchev–Trinajstić information content (AvgIpc) is 2.65. The van der Waals surface area contributed by atoms with E-state index in [1.807, 2.05) is 31.2 Å². The molecule has 0 radical (unpaired) electrons. The van der Waals surface area contributed by atoms with Crippen LogP contribution in [-0.4, -0.2) is 27.1 Å². The Balaban J connectivity index is 2.09. The Hall–Kier alpha value is -3.06. The van der Waals surface area contributed by atoms with Gasteiger partial charge >= 0.3 is 5.56 Å². The second kappa shape index (κ2) is 8.13. The van der Waals surface area contributed by atoms with Crippen molar-refractivity contribution in [3.63, 3.8) is 0 Å². The van der Waals surface area contributed by atoms with Gasteiger partial charge in [-0.15, -0.1) is 0 Å². The summed E-state index contributed by atoms with van der Waals surface area (Å²) >= 11 is 0. The van der Waals surface area contributed by atoms with Crippen molar-refractivity contribution >= 4 is 0 Å². The molecule has 7 heteroatoms. The van der Waals surface area contributed by atoms with Crippen LogP contribution in [0.4, 0.5) is 8.78 Å². The first kappa shape index (κ1) is 20.7. The Kier molecular flexibility index (Phi) is 5.79. The Labute approximate surface area is 167 Å². The largest absolute Gasteiger partial charge is 0.487 e. The predicted octanol–water partition coefficient (Wildman–Crippen LogP) is 4.03. The summed E-state index contributed by atoms with van der Waals surface area (Å²) in [6.45, 7) is 5.33. The molecule has 0 atom stereocenters. The number of halogens is 2. The second-order valence-electron chi connectivity index (χ2n) is 7.48. The van der Waals surface area contributed by atoms with Crippen molar-refractivity contribution in [3.05, 3.63) is 76.2 Å². The third kappa shape index (κ3) is 4.86. The molecule has 3 rings (SSSR count). The minimum atomic E-state index is -1.08. The normalized spacial score (nSPS) is 11.5. The summed E-state index contributed by atoms with van der Waals surface area (Å²) in [6, 6.07) is 10.6. The van der Waals surface area contributed by atoms with E-state index in [2.05, 4.69) is 5.10 Å². The Morgan fingerprint density at radius 2 is 1.79 bits per heavy atom. The monoisotopic (exact) mass is 400 g/mol. The fourth-order valence-corrected chi connectivity index (χ4v) is 2.72. The molecule has 5 nitrogen and oxygen atoms in total. The molecule has 1 aromatic heterocycles. The first-order valence-corrected chi connectivity index (χ1v) is 9.16. The molecular weight excluding hydrogens is 378 g/mol. The van der Waals surface area contributed by atoms with Crippen LogP contribution in [0.5, 0.6) is 5.75 Å². The summed E-state index contributed by atoms with van der Waals surface area (Å²) in [7, 11) is 0. The van der Waals surface area contributed by atoms with Gasteiger partial charge in [0.2, 0.25) is 0 Å². The molecule has 0 aliphatic carbocycles. The summed E-state index contributed by atoms with van der Waals surface area (Å²) in [5, 5.41) is 14.0. The minimum Gasteiger partial charge on any atom is -0.487 e. The van der Waals surface area contributed by atoms with Crippen LogP contribution in [0.15, 0.2) is 53.5 Å². The molecule has 0 aliphatic heterocycles. The molecule has 1 heterocycles. The maximum atomic E-state index is 13.6. The molecule has 0 bridgehead atoms. The van der Waals surface area contributed by atoms with Gasteiger partial charge in [-0.3, -0.25) is 4.79 Å². The zero-order valence-electron chi connectivity index (χ0n) is 16.4. The van der Waals surface area contributed by atoms with Gasteiger partial charge in [-0.2, -0.15) is 9.78 Å². The zero-order chi connectivity index (χ0) is 21.2. The maximum Gasteiger partial charge on any atom is 0.314 e. The lowest BCUT2D eigenvalue weighted by atomic mass is 10.1. The van der Waals surface area contributed by atoms with E-state index >= 15 is 0 Å². The molecule has 0 spiro atoms.